The van der Waals surface area contributed by atoms with E-state index in [-0.39, 0.29) is 11.5 Å². The lowest BCUT2D eigenvalue weighted by Crippen LogP contribution is -2.27. The first-order valence-electron chi connectivity index (χ1n) is 7.83. The van der Waals surface area contributed by atoms with Crippen molar-refractivity contribution in [3.8, 4) is 11.1 Å². The number of aryl methyl sites for hydroxylation is 1. The zero-order chi connectivity index (χ0) is 17.3. The summed E-state index contributed by atoms with van der Waals surface area (Å²) in [5.74, 6) is 0.247. The molecule has 3 rings (SSSR count). The molecule has 0 aliphatic heterocycles. The van der Waals surface area contributed by atoms with E-state index >= 15 is 0 Å². The van der Waals surface area contributed by atoms with Gasteiger partial charge in [0.05, 0.1) is 11.1 Å². The summed E-state index contributed by atoms with van der Waals surface area (Å²) < 4.78 is 1.76. The molecule has 124 valence electrons. The highest BCUT2D eigenvalue weighted by Crippen LogP contribution is 2.23. The molecule has 2 N–H and O–H groups in total. The van der Waals surface area contributed by atoms with Crippen molar-refractivity contribution in [2.45, 2.75) is 13.5 Å². The second-order valence-electron chi connectivity index (χ2n) is 6.18. The molecule has 24 heavy (non-hydrogen) atoms. The van der Waals surface area contributed by atoms with Crippen molar-refractivity contribution < 1.29 is 0 Å². The highest BCUT2D eigenvalue weighted by molar-refractivity contribution is 5.84. The van der Waals surface area contributed by atoms with Crippen molar-refractivity contribution in [1.82, 2.24) is 19.4 Å². The highest BCUT2D eigenvalue weighted by atomic mass is 16.1. The molecule has 0 aliphatic rings. The quantitative estimate of drug-likeness (QED) is 0.793. The summed E-state index contributed by atoms with van der Waals surface area (Å²) in [5, 5.41) is 0.865. The number of aromatic nitrogens is 3. The first-order valence-corrected chi connectivity index (χ1v) is 7.83. The molecule has 2 heterocycles. The zero-order valence-corrected chi connectivity index (χ0v) is 14.2. The van der Waals surface area contributed by atoms with Crippen LogP contribution in [0, 0.1) is 6.92 Å². The van der Waals surface area contributed by atoms with Crippen LogP contribution >= 0.6 is 0 Å². The number of benzene rings is 1. The number of anilines is 1. The van der Waals surface area contributed by atoms with Crippen molar-refractivity contribution in [3.05, 3.63) is 52.6 Å². The van der Waals surface area contributed by atoms with Crippen LogP contribution in [0.3, 0.4) is 0 Å². The van der Waals surface area contributed by atoms with Gasteiger partial charge in [-0.25, -0.2) is 9.97 Å². The number of hydrogen-bond donors (Lipinski definition) is 1. The minimum absolute atomic E-state index is 0.0209. The molecule has 1 aromatic carbocycles. The van der Waals surface area contributed by atoms with Crippen LogP contribution in [0.15, 0.2) is 41.5 Å². The molecular formula is C18H21N5O. The number of nitrogens with two attached hydrogens (primary N) is 1. The molecule has 0 bridgehead atoms. The molecular weight excluding hydrogens is 302 g/mol. The van der Waals surface area contributed by atoms with Gasteiger partial charge in [0.1, 0.15) is 0 Å². The zero-order valence-electron chi connectivity index (χ0n) is 14.2. The lowest BCUT2D eigenvalue weighted by atomic mass is 10.0. The number of nitrogen functional groups attached to an aromatic ring is 1. The number of hydrogen-bond acceptors (Lipinski definition) is 5. The van der Waals surface area contributed by atoms with E-state index < -0.39 is 0 Å². The van der Waals surface area contributed by atoms with E-state index in [0.717, 1.165) is 34.1 Å². The average Bonchev–Trinajstić information content (AvgIpc) is 2.54. The monoisotopic (exact) mass is 323 g/mol. The first-order chi connectivity index (χ1) is 11.5. The van der Waals surface area contributed by atoms with E-state index in [1.54, 1.807) is 10.8 Å². The van der Waals surface area contributed by atoms with Crippen molar-refractivity contribution in [2.24, 2.45) is 0 Å². The van der Waals surface area contributed by atoms with Gasteiger partial charge >= 0.3 is 0 Å². The second-order valence-corrected chi connectivity index (χ2v) is 6.18. The molecule has 2 aromatic heterocycles. The molecule has 6 heteroatoms. The van der Waals surface area contributed by atoms with Crippen LogP contribution in [0.25, 0.3) is 22.0 Å². The maximum absolute atomic E-state index is 12.9. The Morgan fingerprint density at radius 1 is 1.25 bits per heavy atom. The van der Waals surface area contributed by atoms with Gasteiger partial charge in [-0.15, -0.1) is 0 Å². The molecule has 0 fully saturated rings. The molecule has 0 radical (unpaired) electrons. The van der Waals surface area contributed by atoms with E-state index in [1.165, 1.54) is 0 Å². The maximum atomic E-state index is 12.9. The third-order valence-electron chi connectivity index (χ3n) is 4.05. The SMILES string of the molecule is Cc1ccn(CCN(C)C)c(=O)c1-c1ccc2nc(N)ncc2c1. The fraction of sp³-hybridized carbons (Fsp3) is 0.278. The summed E-state index contributed by atoms with van der Waals surface area (Å²) in [7, 11) is 3.99. The van der Waals surface area contributed by atoms with Gasteiger partial charge in [-0.2, -0.15) is 0 Å². The van der Waals surface area contributed by atoms with Crippen molar-refractivity contribution in [2.75, 3.05) is 26.4 Å². The van der Waals surface area contributed by atoms with Gasteiger partial charge in [-0.3, -0.25) is 4.79 Å². The van der Waals surface area contributed by atoms with Crippen molar-refractivity contribution >= 4 is 16.9 Å². The fourth-order valence-corrected chi connectivity index (χ4v) is 2.70. The Morgan fingerprint density at radius 3 is 2.79 bits per heavy atom. The molecule has 0 saturated heterocycles. The Bertz CT molecular complexity index is 946. The highest BCUT2D eigenvalue weighted by Gasteiger charge is 2.11. The predicted molar refractivity (Wildman–Crippen MR) is 96.9 cm³/mol. The Labute approximate surface area is 140 Å². The molecule has 0 saturated carbocycles. The summed E-state index contributed by atoms with van der Waals surface area (Å²) in [6.07, 6.45) is 3.54. The molecule has 0 atom stereocenters. The van der Waals surface area contributed by atoms with Crippen LogP contribution < -0.4 is 11.3 Å². The van der Waals surface area contributed by atoms with Crippen molar-refractivity contribution in [1.29, 1.82) is 0 Å². The lowest BCUT2D eigenvalue weighted by molar-refractivity contribution is 0.381. The Kier molecular flexibility index (Phi) is 4.31. The summed E-state index contributed by atoms with van der Waals surface area (Å²) >= 11 is 0. The van der Waals surface area contributed by atoms with Gasteiger partial charge < -0.3 is 15.2 Å². The molecule has 0 amide bonds. The van der Waals surface area contributed by atoms with Crippen LogP contribution in [0.4, 0.5) is 5.95 Å². The van der Waals surface area contributed by atoms with Gasteiger partial charge in [0.15, 0.2) is 0 Å². The molecule has 0 spiro atoms. The minimum Gasteiger partial charge on any atom is -0.368 e. The van der Waals surface area contributed by atoms with E-state index in [9.17, 15) is 4.79 Å². The number of likely N-dealkylation sites (N-methyl/N-ethyl adjacent to an activating group) is 1. The Hall–Kier alpha value is -2.73. The van der Waals surface area contributed by atoms with Gasteiger partial charge in [-0.05, 0) is 50.3 Å². The summed E-state index contributed by atoms with van der Waals surface area (Å²) in [6, 6.07) is 7.71. The van der Waals surface area contributed by atoms with Crippen LogP contribution in [0.2, 0.25) is 0 Å². The average molecular weight is 323 g/mol. The van der Waals surface area contributed by atoms with Crippen LogP contribution in [0.5, 0.6) is 0 Å². The van der Waals surface area contributed by atoms with E-state index in [2.05, 4.69) is 14.9 Å². The fourth-order valence-electron chi connectivity index (χ4n) is 2.70. The maximum Gasteiger partial charge on any atom is 0.258 e. The largest absolute Gasteiger partial charge is 0.368 e. The van der Waals surface area contributed by atoms with E-state index in [0.29, 0.717) is 6.54 Å². The van der Waals surface area contributed by atoms with Gasteiger partial charge in [0.25, 0.3) is 5.56 Å². The topological polar surface area (TPSA) is 77.0 Å². The third kappa shape index (κ3) is 3.14. The van der Waals surface area contributed by atoms with Gasteiger partial charge in [0, 0.05) is 30.9 Å². The van der Waals surface area contributed by atoms with Gasteiger partial charge in [0.2, 0.25) is 5.95 Å². The summed E-state index contributed by atoms with van der Waals surface area (Å²) in [5.41, 5.74) is 8.96. The van der Waals surface area contributed by atoms with Crippen LogP contribution in [0.1, 0.15) is 5.56 Å². The van der Waals surface area contributed by atoms with Crippen molar-refractivity contribution in [3.63, 3.8) is 0 Å². The summed E-state index contributed by atoms with van der Waals surface area (Å²) in [4.78, 5) is 23.2. The number of pyridine rings is 1. The number of nitrogens with zero attached hydrogens (tertiary/aromatic N) is 4. The molecule has 3 aromatic rings. The van der Waals surface area contributed by atoms with E-state index in [1.807, 2.05) is 51.5 Å². The summed E-state index contributed by atoms with van der Waals surface area (Å²) in [6.45, 7) is 3.43. The Balaban J connectivity index is 2.09. The minimum atomic E-state index is 0.0209. The number of rotatable bonds is 4. The lowest BCUT2D eigenvalue weighted by Gasteiger charge is -2.14. The van der Waals surface area contributed by atoms with Crippen LogP contribution in [-0.4, -0.2) is 40.1 Å². The molecule has 0 aliphatic carbocycles. The van der Waals surface area contributed by atoms with Crippen LogP contribution in [-0.2, 0) is 6.54 Å². The molecule has 0 unspecified atom stereocenters. The second kappa shape index (κ2) is 6.41. The number of fused-ring (bicyclic) bond motifs is 1. The Morgan fingerprint density at radius 2 is 2.04 bits per heavy atom. The smallest absolute Gasteiger partial charge is 0.258 e. The standard InChI is InChI=1S/C18H21N5O/c1-12-6-7-23(9-8-22(2)3)17(24)16(12)13-4-5-15-14(10-13)11-20-18(19)21-15/h4-7,10-11H,8-9H2,1-3H3,(H2,19,20,21). The van der Waals surface area contributed by atoms with E-state index in [4.69, 9.17) is 5.73 Å². The van der Waals surface area contributed by atoms with Gasteiger partial charge in [-0.1, -0.05) is 6.07 Å². The molecule has 6 nitrogen and oxygen atoms in total. The first kappa shape index (κ1) is 16.1. The normalized spacial score (nSPS) is 11.3. The predicted octanol–water partition coefficient (Wildman–Crippen LogP) is 1.91. The third-order valence-corrected chi connectivity index (χ3v) is 4.05.